The molecule has 6 heteroatoms. The van der Waals surface area contributed by atoms with Crippen LogP contribution in [0.2, 0.25) is 0 Å². The molecule has 0 spiro atoms. The summed E-state index contributed by atoms with van der Waals surface area (Å²) < 4.78 is 53.2. The lowest BCUT2D eigenvalue weighted by Crippen LogP contribution is -2.09. The molecule has 3 nitrogen and oxygen atoms in total. The van der Waals surface area contributed by atoms with Gasteiger partial charge in [0.05, 0.1) is 25.9 Å². The van der Waals surface area contributed by atoms with E-state index >= 15 is 0 Å². The van der Waals surface area contributed by atoms with Crippen LogP contribution < -0.4 is 4.74 Å². The Morgan fingerprint density at radius 1 is 1.24 bits per heavy atom. The maximum absolute atomic E-state index is 12.7. The number of methoxy groups -OCH3 is 1. The molecule has 0 aliphatic carbocycles. The molecule has 1 saturated heterocycles. The molecule has 0 amide bonds. The standard InChI is InChI=1S/C11H11F3O3/c1-15-9-3-2-7(10-16-4-5-17-10)6-8(9)11(12,13)14/h2-3,6,10H,4-5H2,1H3. The monoisotopic (exact) mass is 248 g/mol. The third kappa shape index (κ3) is 2.53. The first kappa shape index (κ1) is 12.2. The van der Waals surface area contributed by atoms with E-state index in [0.717, 1.165) is 6.07 Å². The van der Waals surface area contributed by atoms with Gasteiger partial charge in [0.1, 0.15) is 5.75 Å². The lowest BCUT2D eigenvalue weighted by atomic mass is 10.1. The Hall–Kier alpha value is -1.27. The second-order valence-electron chi connectivity index (χ2n) is 3.53. The molecule has 1 aliphatic heterocycles. The lowest BCUT2D eigenvalue weighted by Gasteiger charge is -2.15. The average molecular weight is 248 g/mol. The van der Waals surface area contributed by atoms with Crippen molar-refractivity contribution < 1.29 is 27.4 Å². The molecule has 1 aromatic carbocycles. The molecule has 2 rings (SSSR count). The molecule has 17 heavy (non-hydrogen) atoms. The van der Waals surface area contributed by atoms with E-state index < -0.39 is 18.0 Å². The fourth-order valence-electron chi connectivity index (χ4n) is 1.64. The number of alkyl halides is 3. The van der Waals surface area contributed by atoms with Crippen molar-refractivity contribution in [2.75, 3.05) is 20.3 Å². The number of ether oxygens (including phenoxy) is 3. The molecular formula is C11H11F3O3. The molecule has 0 atom stereocenters. The Morgan fingerprint density at radius 2 is 1.88 bits per heavy atom. The Labute approximate surface area is 96.1 Å². The average Bonchev–Trinajstić information content (AvgIpc) is 2.80. The topological polar surface area (TPSA) is 27.7 Å². The van der Waals surface area contributed by atoms with Crippen LogP contribution in [0.4, 0.5) is 13.2 Å². The molecular weight excluding hydrogens is 237 g/mol. The second kappa shape index (κ2) is 4.54. The van der Waals surface area contributed by atoms with Gasteiger partial charge >= 0.3 is 6.18 Å². The SMILES string of the molecule is COc1ccc(C2OCCO2)cc1C(F)(F)F. The fourth-order valence-corrected chi connectivity index (χ4v) is 1.64. The van der Waals surface area contributed by atoms with Crippen molar-refractivity contribution in [3.05, 3.63) is 29.3 Å². The van der Waals surface area contributed by atoms with Gasteiger partial charge in [-0.2, -0.15) is 13.2 Å². The van der Waals surface area contributed by atoms with Crippen LogP contribution in [0.1, 0.15) is 17.4 Å². The summed E-state index contributed by atoms with van der Waals surface area (Å²) in [5, 5.41) is 0. The van der Waals surface area contributed by atoms with Gasteiger partial charge in [0, 0.05) is 5.56 Å². The summed E-state index contributed by atoms with van der Waals surface area (Å²) in [6.45, 7) is 0.774. The van der Waals surface area contributed by atoms with Crippen molar-refractivity contribution in [1.29, 1.82) is 0 Å². The van der Waals surface area contributed by atoms with Crippen LogP contribution in [0, 0.1) is 0 Å². The highest BCUT2D eigenvalue weighted by Gasteiger charge is 2.35. The van der Waals surface area contributed by atoms with Gasteiger partial charge in [0.2, 0.25) is 0 Å². The zero-order valence-corrected chi connectivity index (χ0v) is 9.08. The normalized spacial score (nSPS) is 17.4. The van der Waals surface area contributed by atoms with Gasteiger partial charge < -0.3 is 14.2 Å². The van der Waals surface area contributed by atoms with Crippen LogP contribution in [0.5, 0.6) is 5.75 Å². The molecule has 1 fully saturated rings. The van der Waals surface area contributed by atoms with E-state index in [1.807, 2.05) is 0 Å². The molecule has 0 aromatic heterocycles. The second-order valence-corrected chi connectivity index (χ2v) is 3.53. The summed E-state index contributed by atoms with van der Waals surface area (Å²) in [5.41, 5.74) is -0.479. The maximum atomic E-state index is 12.7. The number of hydrogen-bond acceptors (Lipinski definition) is 3. The predicted molar refractivity (Wildman–Crippen MR) is 52.6 cm³/mol. The van der Waals surface area contributed by atoms with Crippen molar-refractivity contribution in [3.8, 4) is 5.75 Å². The highest BCUT2D eigenvalue weighted by molar-refractivity contribution is 5.39. The van der Waals surface area contributed by atoms with Crippen LogP contribution in [0.3, 0.4) is 0 Å². The molecule has 1 aliphatic rings. The number of benzene rings is 1. The van der Waals surface area contributed by atoms with Crippen molar-refractivity contribution >= 4 is 0 Å². The van der Waals surface area contributed by atoms with E-state index in [4.69, 9.17) is 9.47 Å². The smallest absolute Gasteiger partial charge is 0.419 e. The van der Waals surface area contributed by atoms with E-state index in [-0.39, 0.29) is 5.75 Å². The van der Waals surface area contributed by atoms with Gasteiger partial charge in [-0.15, -0.1) is 0 Å². The van der Waals surface area contributed by atoms with Crippen molar-refractivity contribution in [1.82, 2.24) is 0 Å². The molecule has 94 valence electrons. The van der Waals surface area contributed by atoms with Crippen LogP contribution in [-0.2, 0) is 15.7 Å². The van der Waals surface area contributed by atoms with Gasteiger partial charge in [0.25, 0.3) is 0 Å². The van der Waals surface area contributed by atoms with Crippen LogP contribution in [0.25, 0.3) is 0 Å². The van der Waals surface area contributed by atoms with Crippen LogP contribution in [-0.4, -0.2) is 20.3 Å². The Bertz CT molecular complexity index is 397. The summed E-state index contributed by atoms with van der Waals surface area (Å²) >= 11 is 0. The minimum Gasteiger partial charge on any atom is -0.496 e. The molecule has 0 N–H and O–H groups in total. The fraction of sp³-hybridized carbons (Fsp3) is 0.455. The van der Waals surface area contributed by atoms with Crippen molar-refractivity contribution in [3.63, 3.8) is 0 Å². The van der Waals surface area contributed by atoms with E-state index in [9.17, 15) is 13.2 Å². The number of halogens is 3. The zero-order chi connectivity index (χ0) is 12.5. The van der Waals surface area contributed by atoms with Gasteiger partial charge in [-0.3, -0.25) is 0 Å². The van der Waals surface area contributed by atoms with Crippen LogP contribution >= 0.6 is 0 Å². The number of rotatable bonds is 2. The zero-order valence-electron chi connectivity index (χ0n) is 9.08. The summed E-state index contributed by atoms with van der Waals surface area (Å²) in [6, 6.07) is 3.77. The van der Waals surface area contributed by atoms with Gasteiger partial charge in [-0.05, 0) is 12.1 Å². The van der Waals surface area contributed by atoms with Gasteiger partial charge in [-0.1, -0.05) is 6.07 Å². The molecule has 0 bridgehead atoms. The first-order chi connectivity index (χ1) is 8.02. The maximum Gasteiger partial charge on any atom is 0.419 e. The Morgan fingerprint density at radius 3 is 2.41 bits per heavy atom. The predicted octanol–water partition coefficient (Wildman–Crippen LogP) is 2.76. The molecule has 1 aromatic rings. The van der Waals surface area contributed by atoms with Gasteiger partial charge in [0.15, 0.2) is 6.29 Å². The molecule has 1 heterocycles. The number of hydrogen-bond donors (Lipinski definition) is 0. The van der Waals surface area contributed by atoms with Crippen LogP contribution in [0.15, 0.2) is 18.2 Å². The highest BCUT2D eigenvalue weighted by atomic mass is 19.4. The van der Waals surface area contributed by atoms with Crippen molar-refractivity contribution in [2.45, 2.75) is 12.5 Å². The van der Waals surface area contributed by atoms with E-state index in [1.165, 1.54) is 19.2 Å². The Kier molecular flexibility index (Phi) is 3.26. The van der Waals surface area contributed by atoms with E-state index in [2.05, 4.69) is 4.74 Å². The minimum atomic E-state index is -4.46. The molecule has 0 saturated carbocycles. The Balaban J connectivity index is 2.37. The summed E-state index contributed by atoms with van der Waals surface area (Å²) in [4.78, 5) is 0. The first-order valence-corrected chi connectivity index (χ1v) is 5.00. The summed E-state index contributed by atoms with van der Waals surface area (Å²) in [5.74, 6) is -0.209. The summed E-state index contributed by atoms with van der Waals surface area (Å²) in [7, 11) is 1.20. The third-order valence-electron chi connectivity index (χ3n) is 2.42. The highest BCUT2D eigenvalue weighted by Crippen LogP contribution is 2.38. The van der Waals surface area contributed by atoms with Gasteiger partial charge in [-0.25, -0.2) is 0 Å². The van der Waals surface area contributed by atoms with Crippen molar-refractivity contribution in [2.24, 2.45) is 0 Å². The quantitative estimate of drug-likeness (QED) is 0.805. The van der Waals surface area contributed by atoms with E-state index in [0.29, 0.717) is 18.8 Å². The van der Waals surface area contributed by atoms with E-state index in [1.54, 1.807) is 0 Å². The first-order valence-electron chi connectivity index (χ1n) is 5.00. The lowest BCUT2D eigenvalue weighted by molar-refractivity contribution is -0.139. The largest absolute Gasteiger partial charge is 0.496 e. The minimum absolute atomic E-state index is 0.209. The molecule has 0 radical (unpaired) electrons. The third-order valence-corrected chi connectivity index (χ3v) is 2.42. The molecule has 0 unspecified atom stereocenters. The summed E-state index contributed by atoms with van der Waals surface area (Å²) in [6.07, 6.45) is -5.18.